The third-order valence-corrected chi connectivity index (χ3v) is 2.78. The van der Waals surface area contributed by atoms with Crippen LogP contribution in [-0.4, -0.2) is 32.2 Å². The van der Waals surface area contributed by atoms with Crippen LogP contribution in [0.3, 0.4) is 0 Å². The molecule has 0 aliphatic carbocycles. The lowest BCUT2D eigenvalue weighted by molar-refractivity contribution is -0.0964. The number of ether oxygens (including phenoxy) is 2. The zero-order valence-electron chi connectivity index (χ0n) is 9.70. The molecule has 0 radical (unpaired) electrons. The first-order valence-electron chi connectivity index (χ1n) is 5.01. The zero-order chi connectivity index (χ0) is 12.7. The molecule has 1 aromatic rings. The largest absolute Gasteiger partial charge is 0.357 e. The van der Waals surface area contributed by atoms with Gasteiger partial charge in [-0.2, -0.15) is 0 Å². The number of anilines is 1. The summed E-state index contributed by atoms with van der Waals surface area (Å²) in [5.41, 5.74) is 0.920. The second kappa shape index (κ2) is 7.60. The fraction of sp³-hybridized carbons (Fsp3) is 0.364. The maximum absolute atomic E-state index is 5.14. The van der Waals surface area contributed by atoms with E-state index < -0.39 is 0 Å². The first kappa shape index (κ1) is 14.4. The molecular formula is C11H15BrN2O2S. The van der Waals surface area contributed by atoms with E-state index in [0.29, 0.717) is 11.7 Å². The summed E-state index contributed by atoms with van der Waals surface area (Å²) < 4.78 is 11.1. The molecule has 0 fully saturated rings. The van der Waals surface area contributed by atoms with Crippen molar-refractivity contribution in [3.05, 3.63) is 28.7 Å². The van der Waals surface area contributed by atoms with E-state index in [-0.39, 0.29) is 6.29 Å². The number of hydrogen-bond donors (Lipinski definition) is 2. The van der Waals surface area contributed by atoms with Crippen LogP contribution in [0.5, 0.6) is 0 Å². The van der Waals surface area contributed by atoms with Crippen LogP contribution in [-0.2, 0) is 9.47 Å². The maximum Gasteiger partial charge on any atom is 0.174 e. The first-order valence-corrected chi connectivity index (χ1v) is 6.22. The molecule has 0 unspecified atom stereocenters. The molecule has 1 aromatic carbocycles. The van der Waals surface area contributed by atoms with Crippen molar-refractivity contribution in [2.45, 2.75) is 6.29 Å². The zero-order valence-corrected chi connectivity index (χ0v) is 12.1. The minimum absolute atomic E-state index is 0.308. The van der Waals surface area contributed by atoms with E-state index in [1.54, 1.807) is 14.2 Å². The van der Waals surface area contributed by atoms with E-state index in [1.807, 2.05) is 24.3 Å². The van der Waals surface area contributed by atoms with E-state index in [1.165, 1.54) is 0 Å². The summed E-state index contributed by atoms with van der Waals surface area (Å²) >= 11 is 8.54. The number of nitrogens with one attached hydrogen (secondary N) is 2. The molecule has 0 saturated carbocycles. The van der Waals surface area contributed by atoms with Crippen LogP contribution in [0.25, 0.3) is 0 Å². The monoisotopic (exact) mass is 318 g/mol. The lowest BCUT2D eigenvalue weighted by Gasteiger charge is -2.16. The van der Waals surface area contributed by atoms with Gasteiger partial charge >= 0.3 is 0 Å². The molecule has 2 N–H and O–H groups in total. The van der Waals surface area contributed by atoms with Crippen LogP contribution in [0.2, 0.25) is 0 Å². The molecule has 0 heterocycles. The molecule has 0 spiro atoms. The Morgan fingerprint density at radius 3 is 2.71 bits per heavy atom. The summed E-state index contributed by atoms with van der Waals surface area (Å²) in [6.07, 6.45) is -0.308. The van der Waals surface area contributed by atoms with Crippen LogP contribution in [0.4, 0.5) is 5.69 Å². The fourth-order valence-corrected chi connectivity index (χ4v) is 1.78. The Morgan fingerprint density at radius 1 is 1.41 bits per heavy atom. The molecule has 0 aliphatic heterocycles. The molecule has 0 aromatic heterocycles. The lowest BCUT2D eigenvalue weighted by Crippen LogP contribution is -2.36. The minimum Gasteiger partial charge on any atom is -0.357 e. The summed E-state index contributed by atoms with van der Waals surface area (Å²) in [4.78, 5) is 0. The molecule has 1 rings (SSSR count). The standard InChI is InChI=1S/C11H15BrN2O2S/c1-15-10(16-2)7-13-11(17)14-9-5-3-4-8(12)6-9/h3-6,10H,7H2,1-2H3,(H2,13,14,17). The summed E-state index contributed by atoms with van der Waals surface area (Å²) in [6, 6.07) is 7.76. The topological polar surface area (TPSA) is 42.5 Å². The van der Waals surface area contributed by atoms with Crippen LogP contribution in [0, 0.1) is 0 Å². The molecule has 17 heavy (non-hydrogen) atoms. The van der Waals surface area contributed by atoms with E-state index in [0.717, 1.165) is 10.2 Å². The number of methoxy groups -OCH3 is 2. The van der Waals surface area contributed by atoms with Gasteiger partial charge in [-0.1, -0.05) is 22.0 Å². The van der Waals surface area contributed by atoms with Crippen molar-refractivity contribution >= 4 is 38.9 Å². The Labute approximate surface area is 115 Å². The number of benzene rings is 1. The molecule has 0 amide bonds. The Balaban J connectivity index is 2.39. The van der Waals surface area contributed by atoms with Crippen molar-refractivity contribution in [1.82, 2.24) is 5.32 Å². The average molecular weight is 319 g/mol. The van der Waals surface area contributed by atoms with Crippen LogP contribution in [0.1, 0.15) is 0 Å². The Kier molecular flexibility index (Phi) is 6.43. The summed E-state index contributed by atoms with van der Waals surface area (Å²) in [7, 11) is 3.17. The van der Waals surface area contributed by atoms with Gasteiger partial charge in [-0.25, -0.2) is 0 Å². The van der Waals surface area contributed by atoms with E-state index in [4.69, 9.17) is 21.7 Å². The third kappa shape index (κ3) is 5.45. The van der Waals surface area contributed by atoms with Crippen LogP contribution < -0.4 is 10.6 Å². The highest BCUT2D eigenvalue weighted by Gasteiger charge is 2.05. The molecule has 6 heteroatoms. The third-order valence-electron chi connectivity index (χ3n) is 2.04. The first-order chi connectivity index (χ1) is 8.15. The minimum atomic E-state index is -0.308. The van der Waals surface area contributed by atoms with Crippen LogP contribution >= 0.6 is 28.1 Å². The Bertz CT molecular complexity index is 372. The molecule has 4 nitrogen and oxygen atoms in total. The molecule has 0 bridgehead atoms. The van der Waals surface area contributed by atoms with Crippen LogP contribution in [0.15, 0.2) is 28.7 Å². The van der Waals surface area contributed by atoms with E-state index in [2.05, 4.69) is 26.6 Å². The average Bonchev–Trinajstić information content (AvgIpc) is 2.30. The van der Waals surface area contributed by atoms with Crippen molar-refractivity contribution in [2.75, 3.05) is 26.1 Å². The predicted octanol–water partition coefficient (Wildman–Crippen LogP) is 2.35. The van der Waals surface area contributed by atoms with Gasteiger partial charge in [0, 0.05) is 24.4 Å². The van der Waals surface area contributed by atoms with E-state index in [9.17, 15) is 0 Å². The number of thiocarbonyl (C=S) groups is 1. The maximum atomic E-state index is 5.14. The summed E-state index contributed by atoms with van der Waals surface area (Å²) in [5.74, 6) is 0. The fourth-order valence-electron chi connectivity index (χ4n) is 1.18. The molecule has 0 aliphatic rings. The summed E-state index contributed by atoms with van der Waals surface area (Å²) in [6.45, 7) is 0.493. The van der Waals surface area contributed by atoms with Gasteiger partial charge in [-0.3, -0.25) is 0 Å². The lowest BCUT2D eigenvalue weighted by atomic mass is 10.3. The molecular weight excluding hydrogens is 304 g/mol. The summed E-state index contributed by atoms with van der Waals surface area (Å²) in [5, 5.41) is 6.60. The smallest absolute Gasteiger partial charge is 0.174 e. The highest BCUT2D eigenvalue weighted by atomic mass is 79.9. The Hall–Kier alpha value is -0.690. The van der Waals surface area contributed by atoms with Gasteiger partial charge in [0.1, 0.15) is 0 Å². The van der Waals surface area contributed by atoms with Crippen molar-refractivity contribution in [2.24, 2.45) is 0 Å². The number of hydrogen-bond acceptors (Lipinski definition) is 3. The van der Waals surface area contributed by atoms with Gasteiger partial charge in [-0.05, 0) is 30.4 Å². The van der Waals surface area contributed by atoms with Gasteiger partial charge < -0.3 is 20.1 Å². The predicted molar refractivity (Wildman–Crippen MR) is 76.2 cm³/mol. The van der Waals surface area contributed by atoms with Gasteiger partial charge in [0.05, 0.1) is 6.54 Å². The number of rotatable bonds is 5. The second-order valence-electron chi connectivity index (χ2n) is 3.25. The number of halogens is 1. The van der Waals surface area contributed by atoms with Crippen molar-refractivity contribution in [1.29, 1.82) is 0 Å². The van der Waals surface area contributed by atoms with Crippen molar-refractivity contribution in [3.8, 4) is 0 Å². The quantitative estimate of drug-likeness (QED) is 0.644. The molecule has 94 valence electrons. The van der Waals surface area contributed by atoms with Gasteiger partial charge in [-0.15, -0.1) is 0 Å². The van der Waals surface area contributed by atoms with E-state index >= 15 is 0 Å². The SMILES string of the molecule is COC(CNC(=S)Nc1cccc(Br)c1)OC. The van der Waals surface area contributed by atoms with Crippen molar-refractivity contribution < 1.29 is 9.47 Å². The van der Waals surface area contributed by atoms with Crippen molar-refractivity contribution in [3.63, 3.8) is 0 Å². The van der Waals surface area contributed by atoms with Gasteiger partial charge in [0.15, 0.2) is 11.4 Å². The molecule has 0 saturated heterocycles. The van der Waals surface area contributed by atoms with Gasteiger partial charge in [0.2, 0.25) is 0 Å². The Morgan fingerprint density at radius 2 is 2.12 bits per heavy atom. The second-order valence-corrected chi connectivity index (χ2v) is 4.57. The molecule has 0 atom stereocenters. The normalized spacial score (nSPS) is 10.4. The highest BCUT2D eigenvalue weighted by Crippen LogP contribution is 2.15. The van der Waals surface area contributed by atoms with Gasteiger partial charge in [0.25, 0.3) is 0 Å². The highest BCUT2D eigenvalue weighted by molar-refractivity contribution is 9.10.